The molecule has 114 valence electrons. The topological polar surface area (TPSA) is 71.5 Å². The average molecular weight is 355 g/mol. The van der Waals surface area contributed by atoms with Crippen molar-refractivity contribution in [1.82, 2.24) is 10.3 Å². The zero-order valence-corrected chi connectivity index (χ0v) is 13.3. The minimum Gasteiger partial charge on any atom is -0.480 e. The third kappa shape index (κ3) is 2.60. The van der Waals surface area contributed by atoms with Crippen molar-refractivity contribution < 1.29 is 14.6 Å². The zero-order chi connectivity index (χ0) is 14.9. The molecule has 2 bridgehead atoms. The predicted octanol–water partition coefficient (Wildman–Crippen LogP) is 2.16. The molecule has 0 amide bonds. The molecule has 21 heavy (non-hydrogen) atoms. The molecule has 0 spiro atoms. The smallest absolute Gasteiger partial charge is 0.329 e. The molecule has 2 N–H and O–H groups in total. The lowest BCUT2D eigenvalue weighted by Gasteiger charge is -2.53. The fraction of sp³-hybridized carbons (Fsp3) is 0.600. The highest BCUT2D eigenvalue weighted by atomic mass is 79.9. The van der Waals surface area contributed by atoms with Crippen LogP contribution in [-0.2, 0) is 15.1 Å². The summed E-state index contributed by atoms with van der Waals surface area (Å²) in [6.07, 6.45) is 5.00. The van der Waals surface area contributed by atoms with Crippen LogP contribution in [0.5, 0.6) is 0 Å². The number of nitrogens with zero attached hydrogens (tertiary/aromatic N) is 1. The number of halogens is 1. The number of hydrogen-bond acceptors (Lipinski definition) is 4. The minimum atomic E-state index is -0.925. The first kappa shape index (κ1) is 14.9. The van der Waals surface area contributed by atoms with Gasteiger partial charge in [0.25, 0.3) is 0 Å². The first-order chi connectivity index (χ1) is 10.1. The molecular formula is C15H19BrN2O3. The first-order valence-corrected chi connectivity index (χ1v) is 8.11. The van der Waals surface area contributed by atoms with Crippen LogP contribution in [0.1, 0.15) is 24.8 Å². The summed E-state index contributed by atoms with van der Waals surface area (Å²) in [5, 5.41) is 12.5. The van der Waals surface area contributed by atoms with Gasteiger partial charge in [0, 0.05) is 36.7 Å². The number of ether oxygens (including phenoxy) is 1. The van der Waals surface area contributed by atoms with Crippen molar-refractivity contribution >= 4 is 21.9 Å². The van der Waals surface area contributed by atoms with Crippen molar-refractivity contribution in [3.63, 3.8) is 0 Å². The van der Waals surface area contributed by atoms with Crippen LogP contribution < -0.4 is 5.32 Å². The minimum absolute atomic E-state index is 0.270. The Hall–Kier alpha value is -0.980. The van der Waals surface area contributed by atoms with Crippen LogP contribution in [0, 0.1) is 11.8 Å². The van der Waals surface area contributed by atoms with Crippen LogP contribution in [0.3, 0.4) is 0 Å². The maximum absolute atomic E-state index is 11.1. The molecule has 1 aromatic rings. The van der Waals surface area contributed by atoms with Gasteiger partial charge in [0.15, 0.2) is 0 Å². The van der Waals surface area contributed by atoms with Gasteiger partial charge in [-0.05, 0) is 34.8 Å². The molecule has 3 rings (SSSR count). The van der Waals surface area contributed by atoms with Gasteiger partial charge in [-0.1, -0.05) is 12.5 Å². The molecule has 1 saturated carbocycles. The number of hydrogen-bond donors (Lipinski definition) is 2. The third-order valence-corrected chi connectivity index (χ3v) is 5.35. The van der Waals surface area contributed by atoms with Crippen LogP contribution in [0.2, 0.25) is 0 Å². The highest BCUT2D eigenvalue weighted by molar-refractivity contribution is 9.10. The van der Waals surface area contributed by atoms with Gasteiger partial charge in [0.1, 0.15) is 16.8 Å². The standard InChI is InChI=1S/C15H19BrN2O3/c16-14-12(5-2-6-18-14)15(21-9-13(19)20)10-3-1-4-11(15)8-17-7-10/h2,5-6,10-11,17H,1,3-4,7-9H2,(H,19,20). The number of pyridine rings is 1. The van der Waals surface area contributed by atoms with Crippen molar-refractivity contribution in [3.8, 4) is 0 Å². The number of nitrogens with one attached hydrogen (secondary N) is 1. The summed E-state index contributed by atoms with van der Waals surface area (Å²) in [5.74, 6) is -0.360. The van der Waals surface area contributed by atoms with Crippen LogP contribution in [0.15, 0.2) is 22.9 Å². The second kappa shape index (κ2) is 6.02. The summed E-state index contributed by atoms with van der Waals surface area (Å²) in [4.78, 5) is 15.4. The lowest BCUT2D eigenvalue weighted by Crippen LogP contribution is -2.58. The monoisotopic (exact) mass is 354 g/mol. The van der Waals surface area contributed by atoms with Gasteiger partial charge in [-0.2, -0.15) is 0 Å². The summed E-state index contributed by atoms with van der Waals surface area (Å²) < 4.78 is 6.81. The molecule has 1 aromatic heterocycles. The van der Waals surface area contributed by atoms with E-state index >= 15 is 0 Å². The van der Waals surface area contributed by atoms with Crippen molar-refractivity contribution in [3.05, 3.63) is 28.5 Å². The summed E-state index contributed by atoms with van der Waals surface area (Å²) >= 11 is 3.52. The Kier molecular flexibility index (Phi) is 4.28. The van der Waals surface area contributed by atoms with E-state index in [9.17, 15) is 4.79 Å². The Labute approximate surface area is 132 Å². The molecular weight excluding hydrogens is 336 g/mol. The summed E-state index contributed by atoms with van der Waals surface area (Å²) in [7, 11) is 0. The number of carboxylic acid groups (broad SMARTS) is 1. The lowest BCUT2D eigenvalue weighted by atomic mass is 9.63. The largest absolute Gasteiger partial charge is 0.480 e. The van der Waals surface area contributed by atoms with E-state index in [0.717, 1.165) is 36.1 Å². The van der Waals surface area contributed by atoms with Gasteiger partial charge < -0.3 is 15.2 Å². The van der Waals surface area contributed by atoms with E-state index in [1.54, 1.807) is 6.20 Å². The van der Waals surface area contributed by atoms with E-state index in [-0.39, 0.29) is 18.4 Å². The Balaban J connectivity index is 2.06. The maximum Gasteiger partial charge on any atom is 0.329 e. The number of rotatable bonds is 4. The maximum atomic E-state index is 11.1. The Morgan fingerprint density at radius 1 is 1.48 bits per heavy atom. The molecule has 0 radical (unpaired) electrons. The fourth-order valence-electron chi connectivity index (χ4n) is 3.92. The fourth-order valence-corrected chi connectivity index (χ4v) is 4.48. The number of aromatic nitrogens is 1. The molecule has 0 aromatic carbocycles. The molecule has 2 aliphatic rings. The van der Waals surface area contributed by atoms with E-state index in [2.05, 4.69) is 26.2 Å². The molecule has 2 unspecified atom stereocenters. The number of carboxylic acids is 1. The van der Waals surface area contributed by atoms with Gasteiger partial charge in [-0.15, -0.1) is 0 Å². The van der Waals surface area contributed by atoms with Gasteiger partial charge in [-0.25, -0.2) is 9.78 Å². The van der Waals surface area contributed by atoms with E-state index in [0.29, 0.717) is 0 Å². The van der Waals surface area contributed by atoms with Crippen molar-refractivity contribution in [2.45, 2.75) is 24.9 Å². The predicted molar refractivity (Wildman–Crippen MR) is 80.9 cm³/mol. The molecule has 5 nitrogen and oxygen atoms in total. The Morgan fingerprint density at radius 3 is 2.81 bits per heavy atom. The number of piperidine rings is 1. The highest BCUT2D eigenvalue weighted by Gasteiger charge is 2.53. The third-order valence-electron chi connectivity index (χ3n) is 4.71. The van der Waals surface area contributed by atoms with Gasteiger partial charge in [-0.3, -0.25) is 0 Å². The van der Waals surface area contributed by atoms with E-state index in [4.69, 9.17) is 9.84 Å². The van der Waals surface area contributed by atoms with Gasteiger partial charge in [0.05, 0.1) is 0 Å². The van der Waals surface area contributed by atoms with Crippen molar-refractivity contribution in [2.75, 3.05) is 19.7 Å². The van der Waals surface area contributed by atoms with Crippen LogP contribution >= 0.6 is 15.9 Å². The normalized spacial score (nSPS) is 31.9. The van der Waals surface area contributed by atoms with E-state index in [1.165, 1.54) is 6.42 Å². The van der Waals surface area contributed by atoms with Crippen molar-refractivity contribution in [1.29, 1.82) is 0 Å². The second-order valence-electron chi connectivity index (χ2n) is 5.80. The number of carbonyl (C=O) groups is 1. The molecule has 2 atom stereocenters. The van der Waals surface area contributed by atoms with E-state index < -0.39 is 11.6 Å². The highest BCUT2D eigenvalue weighted by Crippen LogP contribution is 2.51. The van der Waals surface area contributed by atoms with Crippen LogP contribution in [0.4, 0.5) is 0 Å². The first-order valence-electron chi connectivity index (χ1n) is 7.32. The van der Waals surface area contributed by atoms with Crippen LogP contribution in [0.25, 0.3) is 0 Å². The summed E-state index contributed by atoms with van der Waals surface area (Å²) in [5.41, 5.74) is 0.442. The Bertz CT molecular complexity index is 515. The lowest BCUT2D eigenvalue weighted by molar-refractivity contribution is -0.181. The van der Waals surface area contributed by atoms with Gasteiger partial charge >= 0.3 is 5.97 Å². The van der Waals surface area contributed by atoms with Crippen molar-refractivity contribution in [2.24, 2.45) is 11.8 Å². The molecule has 1 saturated heterocycles. The molecule has 2 fully saturated rings. The number of aliphatic carboxylic acids is 1. The summed E-state index contributed by atoms with van der Waals surface area (Å²) in [6.45, 7) is 1.45. The quantitative estimate of drug-likeness (QED) is 0.810. The molecule has 6 heteroatoms. The summed E-state index contributed by atoms with van der Waals surface area (Å²) in [6, 6.07) is 3.90. The SMILES string of the molecule is O=C(O)COC1(c2cccnc2Br)C2CCCC1CNC2. The average Bonchev–Trinajstić information content (AvgIpc) is 2.45. The Morgan fingerprint density at radius 2 is 2.19 bits per heavy atom. The van der Waals surface area contributed by atoms with E-state index in [1.807, 2.05) is 12.1 Å². The number of fused-ring (bicyclic) bond motifs is 2. The second-order valence-corrected chi connectivity index (χ2v) is 6.55. The molecule has 2 heterocycles. The van der Waals surface area contributed by atoms with Crippen LogP contribution in [-0.4, -0.2) is 35.8 Å². The van der Waals surface area contributed by atoms with Gasteiger partial charge in [0.2, 0.25) is 0 Å². The zero-order valence-electron chi connectivity index (χ0n) is 11.7. The molecule has 1 aliphatic heterocycles. The molecule has 1 aliphatic carbocycles.